The molecule has 0 atom stereocenters. The van der Waals surface area contributed by atoms with Crippen LogP contribution < -0.4 is 0 Å². The highest BCUT2D eigenvalue weighted by atomic mass is 16.5. The van der Waals surface area contributed by atoms with Crippen molar-refractivity contribution in [3.05, 3.63) is 0 Å². The fraction of sp³-hybridized carbons (Fsp3) is 0.909. The first-order valence-corrected chi connectivity index (χ1v) is 5.33. The molecule has 0 amide bonds. The maximum atomic E-state index is 11.1. The molecule has 15 heavy (non-hydrogen) atoms. The summed E-state index contributed by atoms with van der Waals surface area (Å²) in [6.45, 7) is 9.96. The van der Waals surface area contributed by atoms with Crippen LogP contribution in [0.25, 0.3) is 0 Å². The van der Waals surface area contributed by atoms with Crippen LogP contribution in [0.15, 0.2) is 0 Å². The molecule has 0 spiro atoms. The summed E-state index contributed by atoms with van der Waals surface area (Å²) in [4.78, 5) is 13.0. The van der Waals surface area contributed by atoms with Crippen molar-refractivity contribution in [1.29, 1.82) is 0 Å². The lowest BCUT2D eigenvalue weighted by atomic mass is 10.2. The second kappa shape index (κ2) is 6.80. The van der Waals surface area contributed by atoms with Crippen molar-refractivity contribution in [3.63, 3.8) is 0 Å². The maximum absolute atomic E-state index is 11.1. The quantitative estimate of drug-likeness (QED) is 0.629. The van der Waals surface area contributed by atoms with E-state index >= 15 is 0 Å². The number of hydrogen-bond acceptors (Lipinski definition) is 4. The highest BCUT2D eigenvalue weighted by Crippen LogP contribution is 2.05. The Morgan fingerprint density at radius 1 is 1.33 bits per heavy atom. The average Bonchev–Trinajstić information content (AvgIpc) is 2.01. The van der Waals surface area contributed by atoms with Gasteiger partial charge in [0.05, 0.1) is 25.4 Å². The third-order valence-electron chi connectivity index (χ3n) is 1.71. The summed E-state index contributed by atoms with van der Waals surface area (Å²) < 4.78 is 10.4. The molecule has 0 fully saturated rings. The summed E-state index contributed by atoms with van der Waals surface area (Å²) in [5.41, 5.74) is -0.120. The number of nitrogens with zero attached hydrogens (tertiary/aromatic N) is 1. The van der Waals surface area contributed by atoms with Gasteiger partial charge in [-0.15, -0.1) is 0 Å². The first-order valence-electron chi connectivity index (χ1n) is 5.33. The van der Waals surface area contributed by atoms with E-state index in [1.54, 1.807) is 6.92 Å². The van der Waals surface area contributed by atoms with Gasteiger partial charge in [-0.05, 0) is 34.7 Å². The normalized spacial score (nSPS) is 11.9. The minimum atomic E-state index is -0.184. The number of carbonyl (C=O) groups excluding carboxylic acids is 1. The number of hydrogen-bond donors (Lipinski definition) is 0. The van der Waals surface area contributed by atoms with E-state index in [-0.39, 0.29) is 11.6 Å². The molecule has 0 saturated heterocycles. The van der Waals surface area contributed by atoms with E-state index in [0.29, 0.717) is 19.8 Å². The first-order chi connectivity index (χ1) is 6.85. The molecule has 4 nitrogen and oxygen atoms in total. The Morgan fingerprint density at radius 2 is 1.93 bits per heavy atom. The van der Waals surface area contributed by atoms with Gasteiger partial charge in [-0.3, -0.25) is 9.69 Å². The standard InChI is InChI=1S/C11H23NO3/c1-6-14-10(13)9-12(5)7-8-15-11(2,3)4/h6-9H2,1-5H3. The summed E-state index contributed by atoms with van der Waals surface area (Å²) >= 11 is 0. The minimum Gasteiger partial charge on any atom is -0.465 e. The molecule has 0 unspecified atom stereocenters. The molecule has 0 aromatic rings. The van der Waals surface area contributed by atoms with Crippen molar-refractivity contribution in [2.24, 2.45) is 0 Å². The van der Waals surface area contributed by atoms with Gasteiger partial charge in [0.1, 0.15) is 0 Å². The van der Waals surface area contributed by atoms with Crippen molar-refractivity contribution < 1.29 is 14.3 Å². The summed E-state index contributed by atoms with van der Waals surface area (Å²) in [6.07, 6.45) is 0. The van der Waals surface area contributed by atoms with Crippen LogP contribution >= 0.6 is 0 Å². The summed E-state index contributed by atoms with van der Waals surface area (Å²) in [6, 6.07) is 0. The maximum Gasteiger partial charge on any atom is 0.320 e. The van der Waals surface area contributed by atoms with E-state index in [1.165, 1.54) is 0 Å². The fourth-order valence-electron chi connectivity index (χ4n) is 1.01. The number of ether oxygens (including phenoxy) is 2. The molecule has 0 aliphatic heterocycles. The van der Waals surface area contributed by atoms with E-state index in [4.69, 9.17) is 9.47 Å². The Kier molecular flexibility index (Phi) is 6.52. The van der Waals surface area contributed by atoms with Crippen molar-refractivity contribution in [3.8, 4) is 0 Å². The number of esters is 1. The molecule has 0 aliphatic rings. The van der Waals surface area contributed by atoms with Gasteiger partial charge in [-0.1, -0.05) is 0 Å². The third-order valence-corrected chi connectivity index (χ3v) is 1.71. The van der Waals surface area contributed by atoms with Crippen LogP contribution in [-0.4, -0.2) is 49.8 Å². The van der Waals surface area contributed by atoms with Crippen LogP contribution in [0, 0.1) is 0 Å². The van der Waals surface area contributed by atoms with Crippen LogP contribution in [0.5, 0.6) is 0 Å². The zero-order valence-electron chi connectivity index (χ0n) is 10.5. The van der Waals surface area contributed by atoms with Crippen LogP contribution in [-0.2, 0) is 14.3 Å². The number of likely N-dealkylation sites (N-methyl/N-ethyl adjacent to an activating group) is 1. The Balaban J connectivity index is 3.57. The van der Waals surface area contributed by atoms with Crippen molar-refractivity contribution in [2.45, 2.75) is 33.3 Å². The molecule has 0 radical (unpaired) electrons. The summed E-state index contributed by atoms with van der Waals surface area (Å²) in [7, 11) is 1.88. The summed E-state index contributed by atoms with van der Waals surface area (Å²) in [5.74, 6) is -0.184. The second-order valence-electron chi connectivity index (χ2n) is 4.50. The smallest absolute Gasteiger partial charge is 0.320 e. The molecule has 0 saturated carbocycles. The van der Waals surface area contributed by atoms with Gasteiger partial charge in [-0.25, -0.2) is 0 Å². The highest BCUT2D eigenvalue weighted by Gasteiger charge is 2.11. The number of rotatable bonds is 6. The van der Waals surface area contributed by atoms with E-state index < -0.39 is 0 Å². The summed E-state index contributed by atoms with van der Waals surface area (Å²) in [5, 5.41) is 0. The van der Waals surface area contributed by atoms with Crippen molar-refractivity contribution >= 4 is 5.97 Å². The lowest BCUT2D eigenvalue weighted by Crippen LogP contribution is -2.32. The molecular formula is C11H23NO3. The average molecular weight is 217 g/mol. The van der Waals surface area contributed by atoms with Gasteiger partial charge < -0.3 is 9.47 Å². The highest BCUT2D eigenvalue weighted by molar-refractivity contribution is 5.71. The van der Waals surface area contributed by atoms with E-state index in [2.05, 4.69) is 0 Å². The van der Waals surface area contributed by atoms with Gasteiger partial charge >= 0.3 is 5.97 Å². The Bertz CT molecular complexity index is 187. The lowest BCUT2D eigenvalue weighted by molar-refractivity contribution is -0.144. The molecular weight excluding hydrogens is 194 g/mol. The molecule has 4 heteroatoms. The third kappa shape index (κ3) is 9.69. The van der Waals surface area contributed by atoms with Gasteiger partial charge in [0.25, 0.3) is 0 Å². The molecule has 0 aromatic heterocycles. The topological polar surface area (TPSA) is 38.8 Å². The molecule has 0 rings (SSSR count). The SMILES string of the molecule is CCOC(=O)CN(C)CCOC(C)(C)C. The largest absolute Gasteiger partial charge is 0.465 e. The minimum absolute atomic E-state index is 0.120. The molecule has 0 heterocycles. The van der Waals surface area contributed by atoms with Gasteiger partial charge in [-0.2, -0.15) is 0 Å². The molecule has 0 aromatic carbocycles. The van der Waals surface area contributed by atoms with Crippen LogP contribution in [0.3, 0.4) is 0 Å². The van der Waals surface area contributed by atoms with Gasteiger partial charge in [0, 0.05) is 6.54 Å². The van der Waals surface area contributed by atoms with E-state index in [1.807, 2.05) is 32.7 Å². The van der Waals surface area contributed by atoms with Crippen molar-refractivity contribution in [2.75, 3.05) is 33.4 Å². The molecule has 90 valence electrons. The van der Waals surface area contributed by atoms with E-state index in [0.717, 1.165) is 6.54 Å². The fourth-order valence-corrected chi connectivity index (χ4v) is 1.01. The van der Waals surface area contributed by atoms with Crippen LogP contribution in [0.4, 0.5) is 0 Å². The van der Waals surface area contributed by atoms with E-state index in [9.17, 15) is 4.79 Å². The Morgan fingerprint density at radius 3 is 2.40 bits per heavy atom. The first kappa shape index (κ1) is 14.4. The predicted molar refractivity (Wildman–Crippen MR) is 59.8 cm³/mol. The number of carbonyl (C=O) groups is 1. The Labute approximate surface area is 92.5 Å². The Hall–Kier alpha value is -0.610. The van der Waals surface area contributed by atoms with Gasteiger partial charge in [0.15, 0.2) is 0 Å². The monoisotopic (exact) mass is 217 g/mol. The zero-order chi connectivity index (χ0) is 11.9. The molecule has 0 N–H and O–H groups in total. The zero-order valence-corrected chi connectivity index (χ0v) is 10.5. The van der Waals surface area contributed by atoms with Gasteiger partial charge in [0.2, 0.25) is 0 Å². The van der Waals surface area contributed by atoms with Crippen molar-refractivity contribution in [1.82, 2.24) is 4.90 Å². The second-order valence-corrected chi connectivity index (χ2v) is 4.50. The van der Waals surface area contributed by atoms with Crippen LogP contribution in [0.1, 0.15) is 27.7 Å². The predicted octanol–water partition coefficient (Wildman–Crippen LogP) is 1.30. The van der Waals surface area contributed by atoms with Crippen LogP contribution in [0.2, 0.25) is 0 Å². The molecule has 0 bridgehead atoms. The lowest BCUT2D eigenvalue weighted by Gasteiger charge is -2.22. The molecule has 0 aliphatic carbocycles.